The number of hydrogen-bond donors (Lipinski definition) is 1. The van der Waals surface area contributed by atoms with Crippen LogP contribution in [0.5, 0.6) is 0 Å². The lowest BCUT2D eigenvalue weighted by Gasteiger charge is -2.33. The van der Waals surface area contributed by atoms with E-state index in [2.05, 4.69) is 5.10 Å². The fourth-order valence-electron chi connectivity index (χ4n) is 1.94. The van der Waals surface area contributed by atoms with Gasteiger partial charge in [-0.2, -0.15) is 23.0 Å². The van der Waals surface area contributed by atoms with Crippen LogP contribution in [-0.2, 0) is 17.3 Å². The van der Waals surface area contributed by atoms with Gasteiger partial charge in [-0.25, -0.2) is 9.00 Å². The standard InChI is InChI=1S/C10H13F3N4O3S/c11-10(12,13)8-5-14-17(6-8)9(18)16-3-1-15(2-4-16)7-21(19)20/h5-6H,1-4,7H2,(H,19,20). The molecule has 1 N–H and O–H groups in total. The number of aromatic nitrogens is 2. The monoisotopic (exact) mass is 326 g/mol. The van der Waals surface area contributed by atoms with Crippen molar-refractivity contribution < 1.29 is 26.7 Å². The molecule has 0 aliphatic carbocycles. The normalized spacial score (nSPS) is 18.8. The number of halogens is 3. The van der Waals surface area contributed by atoms with Crippen molar-refractivity contribution >= 4 is 17.1 Å². The van der Waals surface area contributed by atoms with Gasteiger partial charge in [0.25, 0.3) is 0 Å². The summed E-state index contributed by atoms with van der Waals surface area (Å²) in [6.45, 7) is 1.28. The number of rotatable bonds is 2. The average Bonchev–Trinajstić information content (AvgIpc) is 2.87. The molecule has 1 fully saturated rings. The van der Waals surface area contributed by atoms with Gasteiger partial charge in [-0.3, -0.25) is 4.90 Å². The molecule has 1 saturated heterocycles. The molecule has 2 heterocycles. The first-order valence-corrected chi connectivity index (χ1v) is 7.26. The molecule has 7 nitrogen and oxygen atoms in total. The summed E-state index contributed by atoms with van der Waals surface area (Å²) in [6, 6.07) is -0.643. The van der Waals surface area contributed by atoms with Crippen LogP contribution >= 0.6 is 0 Å². The highest BCUT2D eigenvalue weighted by Gasteiger charge is 2.33. The molecule has 1 aromatic rings. The van der Waals surface area contributed by atoms with Gasteiger partial charge in [0.1, 0.15) is 5.88 Å². The third-order valence-corrected chi connectivity index (χ3v) is 3.63. The molecule has 0 saturated carbocycles. The largest absolute Gasteiger partial charge is 0.419 e. The first-order valence-electron chi connectivity index (χ1n) is 5.98. The predicted molar refractivity (Wildman–Crippen MR) is 66.8 cm³/mol. The van der Waals surface area contributed by atoms with Crippen LogP contribution in [0.1, 0.15) is 5.56 Å². The molecule has 1 unspecified atom stereocenters. The molecule has 1 amide bonds. The van der Waals surface area contributed by atoms with E-state index < -0.39 is 28.9 Å². The van der Waals surface area contributed by atoms with Crippen molar-refractivity contribution in [3.63, 3.8) is 0 Å². The molecule has 1 aromatic heterocycles. The predicted octanol–water partition coefficient (Wildman–Crippen LogP) is 0.667. The summed E-state index contributed by atoms with van der Waals surface area (Å²) < 4.78 is 57.4. The number of nitrogens with zero attached hydrogens (tertiary/aromatic N) is 4. The average molecular weight is 326 g/mol. The number of alkyl halides is 3. The number of carbonyl (C=O) groups excluding carboxylic acids is 1. The van der Waals surface area contributed by atoms with Crippen LogP contribution in [0.4, 0.5) is 18.0 Å². The Bertz CT molecular complexity index is 540. The van der Waals surface area contributed by atoms with Gasteiger partial charge in [0, 0.05) is 32.4 Å². The Hall–Kier alpha value is -1.46. The molecule has 0 aromatic carbocycles. The quantitative estimate of drug-likeness (QED) is 0.808. The first-order chi connectivity index (χ1) is 9.77. The Morgan fingerprint density at radius 1 is 1.33 bits per heavy atom. The molecule has 1 aliphatic rings. The second-order valence-corrected chi connectivity index (χ2v) is 5.41. The Labute approximate surface area is 120 Å². The zero-order valence-electron chi connectivity index (χ0n) is 10.8. The molecule has 1 atom stereocenters. The zero-order chi connectivity index (χ0) is 15.6. The number of piperazine rings is 1. The maximum absolute atomic E-state index is 12.4. The topological polar surface area (TPSA) is 78.7 Å². The highest BCUT2D eigenvalue weighted by atomic mass is 32.2. The summed E-state index contributed by atoms with van der Waals surface area (Å²) in [6.07, 6.45) is -3.29. The van der Waals surface area contributed by atoms with Crippen molar-refractivity contribution in [1.82, 2.24) is 19.6 Å². The van der Waals surface area contributed by atoms with Crippen LogP contribution in [0.3, 0.4) is 0 Å². The summed E-state index contributed by atoms with van der Waals surface area (Å²) in [5.41, 5.74) is -0.981. The second kappa shape index (κ2) is 6.12. The molecule has 0 spiro atoms. The van der Waals surface area contributed by atoms with Crippen LogP contribution in [0.25, 0.3) is 0 Å². The number of carbonyl (C=O) groups is 1. The highest BCUT2D eigenvalue weighted by Crippen LogP contribution is 2.28. The van der Waals surface area contributed by atoms with E-state index in [1.807, 2.05) is 0 Å². The van der Waals surface area contributed by atoms with Crippen molar-refractivity contribution in [2.45, 2.75) is 6.18 Å². The van der Waals surface area contributed by atoms with Crippen LogP contribution < -0.4 is 0 Å². The van der Waals surface area contributed by atoms with Gasteiger partial charge in [-0.15, -0.1) is 0 Å². The minimum atomic E-state index is -4.54. The van der Waals surface area contributed by atoms with Crippen molar-refractivity contribution in [3.05, 3.63) is 18.0 Å². The van der Waals surface area contributed by atoms with Gasteiger partial charge >= 0.3 is 12.2 Å². The molecule has 1 aliphatic heterocycles. The Kier molecular flexibility index (Phi) is 4.64. The van der Waals surface area contributed by atoms with Gasteiger partial charge in [0.15, 0.2) is 11.1 Å². The summed E-state index contributed by atoms with van der Waals surface area (Å²) >= 11 is -1.95. The van der Waals surface area contributed by atoms with Gasteiger partial charge in [0.2, 0.25) is 0 Å². The van der Waals surface area contributed by atoms with Crippen molar-refractivity contribution in [2.24, 2.45) is 0 Å². The van der Waals surface area contributed by atoms with Gasteiger partial charge in [0.05, 0.1) is 11.8 Å². The van der Waals surface area contributed by atoms with Crippen LogP contribution in [0.15, 0.2) is 12.4 Å². The van der Waals surface area contributed by atoms with Gasteiger partial charge in [-0.05, 0) is 0 Å². The Morgan fingerprint density at radius 3 is 2.43 bits per heavy atom. The van der Waals surface area contributed by atoms with E-state index >= 15 is 0 Å². The molecule has 118 valence electrons. The molecule has 0 bridgehead atoms. The smallest absolute Gasteiger partial charge is 0.320 e. The fourth-order valence-corrected chi connectivity index (χ4v) is 2.51. The molecule has 11 heteroatoms. The third-order valence-electron chi connectivity index (χ3n) is 3.04. The maximum Gasteiger partial charge on any atom is 0.419 e. The summed E-state index contributed by atoms with van der Waals surface area (Å²) in [5, 5.41) is 3.43. The van der Waals surface area contributed by atoms with Crippen LogP contribution in [0.2, 0.25) is 0 Å². The van der Waals surface area contributed by atoms with E-state index in [1.165, 1.54) is 4.90 Å². The lowest BCUT2D eigenvalue weighted by molar-refractivity contribution is -0.137. The van der Waals surface area contributed by atoms with E-state index in [9.17, 15) is 22.2 Å². The number of hydrogen-bond acceptors (Lipinski definition) is 4. The summed E-state index contributed by atoms with van der Waals surface area (Å²) in [4.78, 5) is 15.0. The second-order valence-electron chi connectivity index (χ2n) is 4.51. The summed E-state index contributed by atoms with van der Waals surface area (Å²) in [5.74, 6) is -0.0119. The lowest BCUT2D eigenvalue weighted by Crippen LogP contribution is -2.50. The van der Waals surface area contributed by atoms with Crippen molar-refractivity contribution in [1.29, 1.82) is 0 Å². The van der Waals surface area contributed by atoms with E-state index in [0.717, 1.165) is 0 Å². The van der Waals surface area contributed by atoms with Crippen molar-refractivity contribution in [2.75, 3.05) is 32.1 Å². The SMILES string of the molecule is O=C(N1CCN(CS(=O)O)CC1)n1cc(C(F)(F)F)cn1. The Morgan fingerprint density at radius 2 is 1.95 bits per heavy atom. The third kappa shape index (κ3) is 4.02. The molecular formula is C10H13F3N4O3S. The lowest BCUT2D eigenvalue weighted by atomic mass is 10.3. The van der Waals surface area contributed by atoms with Gasteiger partial charge < -0.3 is 9.45 Å². The maximum atomic E-state index is 12.4. The van der Waals surface area contributed by atoms with E-state index in [-0.39, 0.29) is 19.0 Å². The van der Waals surface area contributed by atoms with Crippen LogP contribution in [-0.4, -0.2) is 66.4 Å². The van der Waals surface area contributed by atoms with Gasteiger partial charge in [-0.1, -0.05) is 0 Å². The molecule has 2 rings (SSSR count). The fraction of sp³-hybridized carbons (Fsp3) is 0.600. The Balaban J connectivity index is 1.96. The first kappa shape index (κ1) is 15.9. The molecular weight excluding hydrogens is 313 g/mol. The molecule has 0 radical (unpaired) electrons. The minimum absolute atomic E-state index is 0.0119. The van der Waals surface area contributed by atoms with E-state index in [0.29, 0.717) is 30.2 Å². The minimum Gasteiger partial charge on any atom is -0.320 e. The molecule has 21 heavy (non-hydrogen) atoms. The highest BCUT2D eigenvalue weighted by molar-refractivity contribution is 7.79. The zero-order valence-corrected chi connectivity index (χ0v) is 11.6. The van der Waals surface area contributed by atoms with Crippen LogP contribution in [0, 0.1) is 0 Å². The van der Waals surface area contributed by atoms with E-state index in [1.54, 1.807) is 4.90 Å². The van der Waals surface area contributed by atoms with Crippen molar-refractivity contribution in [3.8, 4) is 0 Å². The number of amides is 1. The van der Waals surface area contributed by atoms with E-state index in [4.69, 9.17) is 4.55 Å². The summed E-state index contributed by atoms with van der Waals surface area (Å²) in [7, 11) is 0.